The molecule has 1 aromatic heterocycles. The summed E-state index contributed by atoms with van der Waals surface area (Å²) < 4.78 is 41.1. The Balaban J connectivity index is 1.54. The van der Waals surface area contributed by atoms with E-state index in [4.69, 9.17) is 0 Å². The molecule has 3 rings (SSSR count). The Morgan fingerprint density at radius 3 is 2.55 bits per heavy atom. The Labute approximate surface area is 162 Å². The van der Waals surface area contributed by atoms with Gasteiger partial charge in [-0.3, -0.25) is 19.1 Å². The molecule has 2 N–H and O–H groups in total. The number of carbonyl (C=O) groups excluding carboxylic acids is 2. The Hall–Kier alpha value is -3.69. The molecule has 0 radical (unpaired) electrons. The molecule has 2 aromatic carbocycles. The Bertz CT molecular complexity index is 1150. The van der Waals surface area contributed by atoms with Crippen molar-refractivity contribution >= 4 is 28.4 Å². The first kappa shape index (κ1) is 20.1. The van der Waals surface area contributed by atoms with E-state index in [2.05, 4.69) is 15.7 Å². The molecular weight excluding hydrogens is 389 g/mol. The number of halogens is 3. The summed E-state index contributed by atoms with van der Waals surface area (Å²) in [6, 6.07) is 8.36. The summed E-state index contributed by atoms with van der Waals surface area (Å²) in [6.45, 7) is -0.332. The van der Waals surface area contributed by atoms with Crippen molar-refractivity contribution in [1.29, 1.82) is 0 Å². The van der Waals surface area contributed by atoms with E-state index in [1.54, 1.807) is 24.3 Å². The molecule has 0 fully saturated rings. The van der Waals surface area contributed by atoms with Crippen molar-refractivity contribution < 1.29 is 22.8 Å². The van der Waals surface area contributed by atoms with Crippen LogP contribution in [0.3, 0.4) is 0 Å². The molecule has 10 heteroatoms. The van der Waals surface area contributed by atoms with Crippen molar-refractivity contribution in [3.63, 3.8) is 0 Å². The van der Waals surface area contributed by atoms with E-state index in [0.717, 1.165) is 12.3 Å². The minimum absolute atomic E-state index is 0.0350. The van der Waals surface area contributed by atoms with Gasteiger partial charge in [-0.15, -0.1) is 0 Å². The summed E-state index contributed by atoms with van der Waals surface area (Å²) in [5.74, 6) is -5.91. The number of nitrogens with one attached hydrogen (secondary N) is 2. The fourth-order valence-corrected chi connectivity index (χ4v) is 2.63. The standard InChI is InChI=1S/C19H15F3N4O3/c20-12-5-6-13(19(22)18(12)21)25-17(29)10-23-16(28)7-8-26-14-4-2-1-3-11(14)15(27)9-24-26/h1-6,9H,7-8,10H2,(H,23,28)(H,25,29). The van der Waals surface area contributed by atoms with Crippen LogP contribution in [0.4, 0.5) is 18.9 Å². The van der Waals surface area contributed by atoms with Crippen LogP contribution in [0.25, 0.3) is 10.9 Å². The number of aromatic nitrogens is 2. The minimum atomic E-state index is -1.70. The van der Waals surface area contributed by atoms with Crippen LogP contribution in [0.5, 0.6) is 0 Å². The zero-order chi connectivity index (χ0) is 21.0. The molecule has 0 aliphatic carbocycles. The van der Waals surface area contributed by atoms with Crippen molar-refractivity contribution in [2.24, 2.45) is 0 Å². The van der Waals surface area contributed by atoms with Crippen LogP contribution >= 0.6 is 0 Å². The summed E-state index contributed by atoms with van der Waals surface area (Å²) in [7, 11) is 0. The van der Waals surface area contributed by atoms with Gasteiger partial charge < -0.3 is 10.6 Å². The van der Waals surface area contributed by atoms with Crippen LogP contribution in [0.1, 0.15) is 6.42 Å². The predicted molar refractivity (Wildman–Crippen MR) is 98.6 cm³/mol. The fraction of sp³-hybridized carbons (Fsp3) is 0.158. The van der Waals surface area contributed by atoms with Gasteiger partial charge in [-0.25, -0.2) is 13.2 Å². The topological polar surface area (TPSA) is 93.1 Å². The van der Waals surface area contributed by atoms with Crippen molar-refractivity contribution in [1.82, 2.24) is 15.1 Å². The summed E-state index contributed by atoms with van der Waals surface area (Å²) in [4.78, 5) is 35.5. The molecule has 29 heavy (non-hydrogen) atoms. The number of benzene rings is 2. The lowest BCUT2D eigenvalue weighted by molar-refractivity contribution is -0.124. The third-order valence-corrected chi connectivity index (χ3v) is 4.07. The largest absolute Gasteiger partial charge is 0.347 e. The number of anilines is 1. The van der Waals surface area contributed by atoms with Crippen molar-refractivity contribution in [3.05, 3.63) is 70.3 Å². The highest BCUT2D eigenvalue weighted by Crippen LogP contribution is 2.19. The number of nitrogens with zero attached hydrogens (tertiary/aromatic N) is 2. The lowest BCUT2D eigenvalue weighted by Gasteiger charge is -2.10. The number of amides is 2. The van der Waals surface area contributed by atoms with Crippen LogP contribution in [0, 0.1) is 17.5 Å². The summed E-state index contributed by atoms with van der Waals surface area (Å²) in [5, 5.41) is 8.84. The van der Waals surface area contributed by atoms with Gasteiger partial charge in [-0.2, -0.15) is 5.10 Å². The highest BCUT2D eigenvalue weighted by atomic mass is 19.2. The molecular formula is C19H15F3N4O3. The van der Waals surface area contributed by atoms with Gasteiger partial charge in [0.25, 0.3) is 0 Å². The Morgan fingerprint density at radius 1 is 1.00 bits per heavy atom. The third-order valence-electron chi connectivity index (χ3n) is 4.07. The quantitative estimate of drug-likeness (QED) is 0.615. The SMILES string of the molecule is O=C(CCn1ncc(=O)c2ccccc21)NCC(=O)Nc1ccc(F)c(F)c1F. The van der Waals surface area contributed by atoms with E-state index in [9.17, 15) is 27.6 Å². The van der Waals surface area contributed by atoms with Crippen LogP contribution in [-0.4, -0.2) is 28.1 Å². The lowest BCUT2D eigenvalue weighted by atomic mass is 10.2. The van der Waals surface area contributed by atoms with Gasteiger partial charge in [0.2, 0.25) is 17.2 Å². The van der Waals surface area contributed by atoms with Crippen molar-refractivity contribution in [2.45, 2.75) is 13.0 Å². The number of fused-ring (bicyclic) bond motifs is 1. The second kappa shape index (κ2) is 8.55. The first-order valence-corrected chi connectivity index (χ1v) is 8.51. The molecule has 0 saturated heterocycles. The van der Waals surface area contributed by atoms with Gasteiger partial charge >= 0.3 is 0 Å². The Kier molecular flexibility index (Phi) is 5.91. The van der Waals surface area contributed by atoms with E-state index in [0.29, 0.717) is 17.0 Å². The molecule has 0 saturated carbocycles. The molecule has 7 nitrogen and oxygen atoms in total. The van der Waals surface area contributed by atoms with Gasteiger partial charge in [0.15, 0.2) is 17.5 Å². The van der Waals surface area contributed by atoms with Crippen LogP contribution in [0.2, 0.25) is 0 Å². The monoisotopic (exact) mass is 404 g/mol. The summed E-state index contributed by atoms with van der Waals surface area (Å²) >= 11 is 0. The zero-order valence-corrected chi connectivity index (χ0v) is 14.9. The Morgan fingerprint density at radius 2 is 1.76 bits per heavy atom. The van der Waals surface area contributed by atoms with Crippen molar-refractivity contribution in [2.75, 3.05) is 11.9 Å². The second-order valence-electron chi connectivity index (χ2n) is 6.05. The molecule has 0 unspecified atom stereocenters. The number of hydrogen-bond acceptors (Lipinski definition) is 4. The van der Waals surface area contributed by atoms with Crippen molar-refractivity contribution in [3.8, 4) is 0 Å². The molecule has 3 aromatic rings. The highest BCUT2D eigenvalue weighted by Gasteiger charge is 2.15. The van der Waals surface area contributed by atoms with Gasteiger partial charge in [-0.05, 0) is 24.3 Å². The predicted octanol–water partition coefficient (Wildman–Crippen LogP) is 1.96. The van der Waals surface area contributed by atoms with E-state index in [1.165, 1.54) is 4.68 Å². The van der Waals surface area contributed by atoms with E-state index in [-0.39, 0.29) is 18.4 Å². The van der Waals surface area contributed by atoms with Crippen LogP contribution in [0.15, 0.2) is 47.4 Å². The molecule has 0 atom stereocenters. The fourth-order valence-electron chi connectivity index (χ4n) is 2.63. The van der Waals surface area contributed by atoms with E-state index in [1.807, 2.05) is 0 Å². The molecule has 150 valence electrons. The van der Waals surface area contributed by atoms with Gasteiger partial charge in [0.1, 0.15) is 0 Å². The smallest absolute Gasteiger partial charge is 0.243 e. The van der Waals surface area contributed by atoms with Gasteiger partial charge in [0, 0.05) is 11.8 Å². The molecule has 0 bridgehead atoms. The average molecular weight is 404 g/mol. The van der Waals surface area contributed by atoms with E-state index < -0.39 is 41.5 Å². The van der Waals surface area contributed by atoms with Crippen LogP contribution < -0.4 is 16.1 Å². The molecule has 0 aliphatic rings. The molecule has 0 spiro atoms. The first-order chi connectivity index (χ1) is 13.9. The number of hydrogen-bond donors (Lipinski definition) is 2. The molecule has 2 amide bonds. The normalized spacial score (nSPS) is 10.7. The van der Waals surface area contributed by atoms with Gasteiger partial charge in [-0.1, -0.05) is 12.1 Å². The van der Waals surface area contributed by atoms with E-state index >= 15 is 0 Å². The first-order valence-electron chi connectivity index (χ1n) is 8.51. The molecule has 0 aliphatic heterocycles. The highest BCUT2D eigenvalue weighted by molar-refractivity contribution is 5.94. The summed E-state index contributed by atoms with van der Waals surface area (Å²) in [6.07, 6.45) is 1.12. The summed E-state index contributed by atoms with van der Waals surface area (Å²) in [5.41, 5.74) is -0.200. The minimum Gasteiger partial charge on any atom is -0.347 e. The zero-order valence-electron chi connectivity index (χ0n) is 14.9. The lowest BCUT2D eigenvalue weighted by Crippen LogP contribution is -2.33. The number of aryl methyl sites for hydroxylation is 1. The maximum absolute atomic E-state index is 13.5. The number of para-hydroxylation sites is 1. The maximum atomic E-state index is 13.5. The molecule has 1 heterocycles. The second-order valence-corrected chi connectivity index (χ2v) is 6.05. The van der Waals surface area contributed by atoms with Crippen LogP contribution in [-0.2, 0) is 16.1 Å². The third kappa shape index (κ3) is 4.60. The average Bonchev–Trinajstić information content (AvgIpc) is 2.72. The van der Waals surface area contributed by atoms with Gasteiger partial charge in [0.05, 0.1) is 30.5 Å². The number of rotatable bonds is 6. The number of carbonyl (C=O) groups is 2. The maximum Gasteiger partial charge on any atom is 0.243 e.